The van der Waals surface area contributed by atoms with Crippen molar-refractivity contribution in [3.63, 3.8) is 0 Å². The highest BCUT2D eigenvalue weighted by Crippen LogP contribution is 2.49. The van der Waals surface area contributed by atoms with Gasteiger partial charge in [0.15, 0.2) is 11.0 Å². The van der Waals surface area contributed by atoms with Crippen LogP contribution in [-0.2, 0) is 69.1 Å². The van der Waals surface area contributed by atoms with Crippen LogP contribution >= 0.6 is 33.2 Å². The van der Waals surface area contributed by atoms with Gasteiger partial charge in [0.2, 0.25) is 11.8 Å². The van der Waals surface area contributed by atoms with Gasteiger partial charge in [0.1, 0.15) is 40.7 Å². The molecule has 0 aromatic heterocycles. The number of benzene rings is 1. The highest BCUT2D eigenvalue weighted by atomic mass is 35.5. The number of allylic oxidation sites excluding steroid dienone is 3. The molecule has 2 fully saturated rings. The number of ether oxygens (including phenoxy) is 5. The minimum absolute atomic E-state index is 0.00108. The van der Waals surface area contributed by atoms with Crippen molar-refractivity contribution in [2.75, 3.05) is 39.0 Å². The number of carbonyl (C=O) groups excluding carboxylic acids is 6. The summed E-state index contributed by atoms with van der Waals surface area (Å²) in [6, 6.07) is 2.32. The van der Waals surface area contributed by atoms with E-state index in [4.69, 9.17) is 40.4 Å². The fraction of sp³-hybridized carbons (Fsp3) is 0.630. The van der Waals surface area contributed by atoms with Gasteiger partial charge >= 0.3 is 24.0 Å². The number of nitrogens with one attached hydrogen (secondary N) is 2. The van der Waals surface area contributed by atoms with Gasteiger partial charge in [-0.15, -0.1) is 0 Å². The van der Waals surface area contributed by atoms with E-state index in [1.807, 2.05) is 26.8 Å². The van der Waals surface area contributed by atoms with E-state index < -0.39 is 135 Å². The van der Waals surface area contributed by atoms with E-state index in [0.29, 0.717) is 17.9 Å². The summed E-state index contributed by atoms with van der Waals surface area (Å²) in [4.78, 5) is 96.8. The van der Waals surface area contributed by atoms with Crippen LogP contribution in [-0.4, -0.2) is 156 Å². The molecule has 3 heterocycles. The molecule has 2 saturated heterocycles. The Morgan fingerprint density at radius 3 is 2.43 bits per heavy atom. The fourth-order valence-electron chi connectivity index (χ4n) is 8.03. The van der Waals surface area contributed by atoms with Crippen molar-refractivity contribution in [1.82, 2.24) is 15.7 Å². The van der Waals surface area contributed by atoms with Crippen LogP contribution in [0.3, 0.4) is 0 Å². The molecule has 0 saturated carbocycles. The molecular weight excluding hydrogens is 1030 g/mol. The Morgan fingerprint density at radius 2 is 1.81 bits per heavy atom. The van der Waals surface area contributed by atoms with Gasteiger partial charge in [-0.25, -0.2) is 14.4 Å². The Balaban J connectivity index is 1.49. The molecule has 72 heavy (non-hydrogen) atoms. The summed E-state index contributed by atoms with van der Waals surface area (Å²) >= 11 is 6.79. The van der Waals surface area contributed by atoms with E-state index >= 15 is 0 Å². The number of nitrogens with zero attached hydrogens (tertiary/aromatic N) is 2. The number of hydrogen-bond acceptors (Lipinski definition) is 18. The van der Waals surface area contributed by atoms with E-state index in [1.54, 1.807) is 43.6 Å². The van der Waals surface area contributed by atoms with Gasteiger partial charge in [0, 0.05) is 56.9 Å². The largest absolute Gasteiger partial charge is 0.495 e. The molecule has 4 bridgehead atoms. The molecule has 402 valence electrons. The lowest BCUT2D eigenvalue weighted by molar-refractivity contribution is -0.162. The van der Waals surface area contributed by atoms with Crippen LogP contribution in [0.25, 0.3) is 0 Å². The molecule has 0 radical (unpaired) electrons. The number of methoxy groups -OCH3 is 2. The number of epoxide rings is 1. The maximum absolute atomic E-state index is 14.3. The lowest BCUT2D eigenvalue weighted by Gasteiger charge is -2.42. The van der Waals surface area contributed by atoms with Crippen molar-refractivity contribution in [2.45, 2.75) is 145 Å². The fourth-order valence-corrected chi connectivity index (χ4v) is 11.9. The Morgan fingerprint density at radius 1 is 1.12 bits per heavy atom. The van der Waals surface area contributed by atoms with Crippen LogP contribution in [0.5, 0.6) is 5.75 Å². The SMILES string of the molecule is COc1cc2cc(c1Cl)N(C)C(=O)CC(OC(=O)C(C)N(C)C(=O)CCC(C)(C)SSCCC(C(=O)ONC(=O)CCC(=O)O)S(=O)(=O)O)C1(C)OC1C(C)C1CC(O)(NC(=O)O1)C(OC)/C=C/C=C(\C)C2. The second-order valence-corrected chi connectivity index (χ2v) is 23.8. The van der Waals surface area contributed by atoms with Gasteiger partial charge in [0.05, 0.1) is 31.7 Å². The van der Waals surface area contributed by atoms with Crippen LogP contribution in [0.4, 0.5) is 10.5 Å². The molecule has 22 nitrogen and oxygen atoms in total. The number of anilines is 1. The van der Waals surface area contributed by atoms with Crippen molar-refractivity contribution in [3.05, 3.63) is 46.5 Å². The summed E-state index contributed by atoms with van der Waals surface area (Å²) in [5.41, 5.74) is 0.375. The number of alkyl carbamates (subject to hydrolysis) is 1. The number of esters is 1. The van der Waals surface area contributed by atoms with Gasteiger partial charge in [-0.1, -0.05) is 63.9 Å². The number of aliphatic carboxylic acids is 1. The smallest absolute Gasteiger partial charge is 0.409 e. The van der Waals surface area contributed by atoms with Gasteiger partial charge in [-0.3, -0.25) is 29.0 Å². The molecule has 9 atom stereocenters. The summed E-state index contributed by atoms with van der Waals surface area (Å²) in [5, 5.41) is 21.1. The van der Waals surface area contributed by atoms with E-state index in [0.717, 1.165) is 21.9 Å². The van der Waals surface area contributed by atoms with Gasteiger partial charge in [-0.2, -0.15) is 13.9 Å². The zero-order valence-corrected chi connectivity index (χ0v) is 45.0. The molecule has 0 aliphatic carbocycles. The van der Waals surface area contributed by atoms with E-state index in [1.165, 1.54) is 55.8 Å². The van der Waals surface area contributed by atoms with Crippen LogP contribution in [0.2, 0.25) is 5.02 Å². The average Bonchev–Trinajstić information content (AvgIpc) is 4.00. The van der Waals surface area contributed by atoms with Gasteiger partial charge < -0.3 is 48.5 Å². The molecule has 26 heteroatoms. The summed E-state index contributed by atoms with van der Waals surface area (Å²) < 4.78 is 62.2. The summed E-state index contributed by atoms with van der Waals surface area (Å²) in [6.45, 7) is 10.4. The lowest BCUT2D eigenvalue weighted by Crippen LogP contribution is -2.63. The summed E-state index contributed by atoms with van der Waals surface area (Å²) in [5.74, 6) is -5.86. The molecule has 0 spiro atoms. The second-order valence-electron chi connectivity index (χ2n) is 18.7. The molecule has 4 rings (SSSR count). The quantitative estimate of drug-likeness (QED) is 0.0256. The number of hydroxylamine groups is 1. The number of aliphatic hydroxyl groups is 1. The molecule has 3 aliphatic heterocycles. The predicted molar refractivity (Wildman–Crippen MR) is 265 cm³/mol. The third-order valence-electron chi connectivity index (χ3n) is 12.7. The molecule has 4 amide bonds. The Kier molecular flexibility index (Phi) is 20.9. The molecule has 5 N–H and O–H groups in total. The number of carbonyl (C=O) groups is 7. The first kappa shape index (κ1) is 59.9. The van der Waals surface area contributed by atoms with Crippen LogP contribution in [0.1, 0.15) is 92.1 Å². The number of halogens is 1. The van der Waals surface area contributed by atoms with Crippen molar-refractivity contribution in [3.8, 4) is 5.75 Å². The minimum atomic E-state index is -4.96. The van der Waals surface area contributed by atoms with Crippen LogP contribution < -0.4 is 20.4 Å². The first-order valence-corrected chi connectivity index (χ1v) is 27.0. The van der Waals surface area contributed by atoms with Crippen molar-refractivity contribution in [1.29, 1.82) is 0 Å². The third-order valence-corrected chi connectivity index (χ3v) is 17.6. The molecular formula is C46H65ClN4O18S3. The van der Waals surface area contributed by atoms with Crippen molar-refractivity contribution < 1.29 is 85.3 Å². The number of carboxylic acids is 1. The predicted octanol–water partition coefficient (Wildman–Crippen LogP) is 4.54. The van der Waals surface area contributed by atoms with Crippen molar-refractivity contribution in [2.24, 2.45) is 5.92 Å². The number of likely N-dealkylation sites (N-methyl/N-ethyl adjacent to an activating group) is 1. The van der Waals surface area contributed by atoms with E-state index in [9.17, 15) is 51.6 Å². The number of hydrogen-bond donors (Lipinski definition) is 5. The third kappa shape index (κ3) is 15.9. The summed E-state index contributed by atoms with van der Waals surface area (Å²) in [6.07, 6.45) is -1.17. The first-order valence-electron chi connectivity index (χ1n) is 22.8. The Labute approximate surface area is 431 Å². The minimum Gasteiger partial charge on any atom is -0.495 e. The molecule has 1 aromatic carbocycles. The maximum atomic E-state index is 14.3. The average molecular weight is 1090 g/mol. The Bertz CT molecular complexity index is 2390. The highest BCUT2D eigenvalue weighted by molar-refractivity contribution is 8.77. The van der Waals surface area contributed by atoms with Crippen LogP contribution in [0, 0.1) is 5.92 Å². The maximum Gasteiger partial charge on any atom is 0.409 e. The van der Waals surface area contributed by atoms with E-state index in [2.05, 4.69) is 10.2 Å². The number of carboxylic acid groups (broad SMARTS) is 1. The molecule has 1 aromatic rings. The van der Waals surface area contributed by atoms with Crippen LogP contribution in [0.15, 0.2) is 35.9 Å². The van der Waals surface area contributed by atoms with Gasteiger partial charge in [0.25, 0.3) is 16.0 Å². The zero-order valence-electron chi connectivity index (χ0n) is 41.8. The Hall–Kier alpha value is -4.63. The first-order chi connectivity index (χ1) is 33.5. The van der Waals surface area contributed by atoms with Crippen molar-refractivity contribution >= 4 is 90.7 Å². The zero-order chi connectivity index (χ0) is 54.1. The second kappa shape index (κ2) is 25.1. The highest BCUT2D eigenvalue weighted by Gasteiger charge is 2.64. The topological polar surface area (TPSA) is 304 Å². The summed E-state index contributed by atoms with van der Waals surface area (Å²) in [7, 11) is 3.24. The number of fused-ring (bicyclic) bond motifs is 5. The van der Waals surface area contributed by atoms with E-state index in [-0.39, 0.29) is 30.0 Å². The monoisotopic (exact) mass is 1090 g/mol. The normalized spacial score (nSPS) is 26.8. The number of rotatable bonds is 18. The van der Waals surface area contributed by atoms with Gasteiger partial charge in [-0.05, 0) is 71.6 Å². The standard InChI is InChI=1S/C46H65ClN4O18S3/c1-25-12-11-13-33(65-10)46(60)24-31(66-43(59)48-46)26(2)40-45(6,68-40)34(23-37(54)51(8)29-21-28(20-25)22-30(64-9)39(29)47)67-41(57)27(3)50(7)36(53)16-18-44(4,5)71-70-19-17-32(72(61,62)63)42(58)69-49-35(52)14-15-38(55)56/h11-13,21-22,26-27,31-34,40,60H,14-20,23-24H2,1-10H3,(H,48,59)(H,49,52)(H,55,56)(H,61,62,63)/b13-11+,25-12+. The number of amides is 4. The molecule has 9 unspecified atom stereocenters. The lowest BCUT2D eigenvalue weighted by atomic mass is 9.83. The molecule has 3 aliphatic rings.